The van der Waals surface area contributed by atoms with E-state index >= 15 is 0 Å². The van der Waals surface area contributed by atoms with Crippen molar-refractivity contribution in [2.75, 3.05) is 13.6 Å². The lowest BCUT2D eigenvalue weighted by atomic mass is 10.1. The number of carbonyl (C=O) groups excluding carboxylic acids is 3. The minimum absolute atomic E-state index is 0.167. The highest BCUT2D eigenvalue weighted by Gasteiger charge is 2.37. The molecule has 0 spiro atoms. The summed E-state index contributed by atoms with van der Waals surface area (Å²) in [5.41, 5.74) is 2.53. The van der Waals surface area contributed by atoms with Crippen LogP contribution in [0.3, 0.4) is 0 Å². The minimum Gasteiger partial charge on any atom is -0.340 e. The van der Waals surface area contributed by atoms with Gasteiger partial charge in [-0.3, -0.25) is 19.3 Å². The average Bonchev–Trinajstić information content (AvgIpc) is 2.87. The molecular formula is C20H18Cl2N2O3. The number of carbonyl (C=O) groups is 3. The van der Waals surface area contributed by atoms with E-state index in [4.69, 9.17) is 23.2 Å². The summed E-state index contributed by atoms with van der Waals surface area (Å²) in [5, 5.41) is 0.384. The second-order valence-electron chi connectivity index (χ2n) is 6.43. The molecule has 5 nitrogen and oxygen atoms in total. The number of benzene rings is 2. The molecule has 0 atom stereocenters. The first-order valence-electron chi connectivity index (χ1n) is 8.48. The van der Waals surface area contributed by atoms with E-state index in [0.29, 0.717) is 6.54 Å². The third-order valence-electron chi connectivity index (χ3n) is 4.58. The zero-order valence-electron chi connectivity index (χ0n) is 15.0. The molecule has 0 radical (unpaired) electrons. The molecule has 2 aromatic rings. The van der Waals surface area contributed by atoms with Gasteiger partial charge in [0.2, 0.25) is 5.91 Å². The lowest BCUT2D eigenvalue weighted by molar-refractivity contribution is -0.130. The summed E-state index contributed by atoms with van der Waals surface area (Å²) >= 11 is 11.9. The Labute approximate surface area is 167 Å². The number of rotatable bonds is 5. The van der Waals surface area contributed by atoms with E-state index in [1.807, 2.05) is 24.3 Å². The summed E-state index contributed by atoms with van der Waals surface area (Å²) in [6.07, 6.45) is 0.947. The van der Waals surface area contributed by atoms with Crippen LogP contribution in [0.15, 0.2) is 36.4 Å². The van der Waals surface area contributed by atoms with Crippen molar-refractivity contribution in [1.82, 2.24) is 9.80 Å². The summed E-state index contributed by atoms with van der Waals surface area (Å²) in [7, 11) is 1.64. The molecule has 0 unspecified atom stereocenters. The monoisotopic (exact) mass is 404 g/mol. The van der Waals surface area contributed by atoms with Gasteiger partial charge in [0.15, 0.2) is 0 Å². The first-order chi connectivity index (χ1) is 12.8. The van der Waals surface area contributed by atoms with Crippen LogP contribution in [0.5, 0.6) is 0 Å². The third kappa shape index (κ3) is 3.84. The summed E-state index contributed by atoms with van der Waals surface area (Å²) in [6.45, 7) is 2.14. The highest BCUT2D eigenvalue weighted by Crippen LogP contribution is 2.31. The van der Waals surface area contributed by atoms with Crippen molar-refractivity contribution in [3.8, 4) is 0 Å². The fourth-order valence-corrected chi connectivity index (χ4v) is 3.25. The highest BCUT2D eigenvalue weighted by atomic mass is 35.5. The van der Waals surface area contributed by atoms with Crippen molar-refractivity contribution in [1.29, 1.82) is 0 Å². The molecule has 27 heavy (non-hydrogen) atoms. The zero-order chi connectivity index (χ0) is 19.7. The number of amides is 3. The fourth-order valence-electron chi connectivity index (χ4n) is 2.93. The van der Waals surface area contributed by atoms with Crippen LogP contribution in [0.4, 0.5) is 0 Å². The number of imide groups is 1. The van der Waals surface area contributed by atoms with Gasteiger partial charge >= 0.3 is 0 Å². The van der Waals surface area contributed by atoms with Crippen molar-refractivity contribution in [2.24, 2.45) is 0 Å². The first kappa shape index (κ1) is 19.4. The van der Waals surface area contributed by atoms with Gasteiger partial charge in [0.05, 0.1) is 21.2 Å². The van der Waals surface area contributed by atoms with Gasteiger partial charge in [-0.05, 0) is 29.7 Å². The largest absolute Gasteiger partial charge is 0.340 e. The molecule has 7 heteroatoms. The molecule has 140 valence electrons. The van der Waals surface area contributed by atoms with Crippen LogP contribution in [0.25, 0.3) is 0 Å². The van der Waals surface area contributed by atoms with E-state index in [9.17, 15) is 14.4 Å². The van der Waals surface area contributed by atoms with Gasteiger partial charge in [-0.25, -0.2) is 0 Å². The van der Waals surface area contributed by atoms with Crippen LogP contribution in [0, 0.1) is 0 Å². The van der Waals surface area contributed by atoms with E-state index in [-0.39, 0.29) is 33.6 Å². The van der Waals surface area contributed by atoms with Crippen molar-refractivity contribution in [3.63, 3.8) is 0 Å². The van der Waals surface area contributed by atoms with Crippen LogP contribution >= 0.6 is 23.2 Å². The summed E-state index contributed by atoms with van der Waals surface area (Å²) in [4.78, 5) is 39.9. The van der Waals surface area contributed by atoms with E-state index < -0.39 is 11.8 Å². The summed E-state index contributed by atoms with van der Waals surface area (Å²) < 4.78 is 0. The Kier molecular flexibility index (Phi) is 5.53. The predicted octanol–water partition coefficient (Wildman–Crippen LogP) is 3.81. The molecule has 1 heterocycles. The molecule has 0 saturated carbocycles. The second kappa shape index (κ2) is 7.71. The van der Waals surface area contributed by atoms with Gasteiger partial charge in [0, 0.05) is 13.6 Å². The molecule has 3 rings (SSSR count). The predicted molar refractivity (Wildman–Crippen MR) is 104 cm³/mol. The third-order valence-corrected chi connectivity index (χ3v) is 5.30. The lowest BCUT2D eigenvalue weighted by Gasteiger charge is -2.21. The number of fused-ring (bicyclic) bond motifs is 1. The maximum Gasteiger partial charge on any atom is 0.262 e. The lowest BCUT2D eigenvalue weighted by Crippen LogP contribution is -2.40. The zero-order valence-corrected chi connectivity index (χ0v) is 16.5. The highest BCUT2D eigenvalue weighted by molar-refractivity contribution is 6.43. The molecule has 3 amide bonds. The van der Waals surface area contributed by atoms with Gasteiger partial charge in [-0.2, -0.15) is 0 Å². The van der Waals surface area contributed by atoms with E-state index in [0.717, 1.165) is 16.9 Å². The number of hydrogen-bond donors (Lipinski definition) is 0. The minimum atomic E-state index is -0.539. The Hall–Kier alpha value is -2.37. The topological polar surface area (TPSA) is 57.7 Å². The molecule has 0 aromatic heterocycles. The van der Waals surface area contributed by atoms with E-state index in [1.54, 1.807) is 7.05 Å². The molecule has 0 aliphatic carbocycles. The number of nitrogens with zero attached hydrogens (tertiary/aromatic N) is 2. The first-order valence-corrected chi connectivity index (χ1v) is 9.24. The van der Waals surface area contributed by atoms with Crippen LogP contribution in [-0.4, -0.2) is 41.1 Å². The molecule has 1 aliphatic heterocycles. The van der Waals surface area contributed by atoms with Crippen molar-refractivity contribution in [2.45, 2.75) is 19.9 Å². The Morgan fingerprint density at radius 1 is 0.963 bits per heavy atom. The van der Waals surface area contributed by atoms with E-state index in [2.05, 4.69) is 6.92 Å². The molecule has 0 N–H and O–H groups in total. The Balaban J connectivity index is 1.70. The smallest absolute Gasteiger partial charge is 0.262 e. The van der Waals surface area contributed by atoms with Crippen LogP contribution < -0.4 is 0 Å². The van der Waals surface area contributed by atoms with Gasteiger partial charge < -0.3 is 4.90 Å². The van der Waals surface area contributed by atoms with Gasteiger partial charge in [0.1, 0.15) is 6.54 Å². The second-order valence-corrected chi connectivity index (χ2v) is 7.24. The van der Waals surface area contributed by atoms with E-state index in [1.165, 1.54) is 22.6 Å². The summed E-state index contributed by atoms with van der Waals surface area (Å²) in [6, 6.07) is 10.7. The molecule has 0 saturated heterocycles. The molecule has 0 bridgehead atoms. The van der Waals surface area contributed by atoms with Crippen molar-refractivity contribution >= 4 is 40.9 Å². The molecule has 2 aromatic carbocycles. The SMILES string of the molecule is CCc1ccc(CN(C)C(=O)CN2C(=O)c3cc(Cl)c(Cl)cc3C2=O)cc1. The Morgan fingerprint density at radius 3 is 1.93 bits per heavy atom. The van der Waals surface area contributed by atoms with Crippen LogP contribution in [0.1, 0.15) is 38.8 Å². The molecule has 1 aliphatic rings. The normalized spacial score (nSPS) is 13.1. The van der Waals surface area contributed by atoms with Gasteiger partial charge in [0.25, 0.3) is 11.8 Å². The Bertz CT molecular complexity index is 885. The fraction of sp³-hybridized carbons (Fsp3) is 0.250. The van der Waals surface area contributed by atoms with Crippen molar-refractivity contribution in [3.05, 3.63) is 68.7 Å². The maximum atomic E-state index is 12.5. The molecule has 0 fully saturated rings. The number of likely N-dealkylation sites (N-methyl/N-ethyl adjacent to an activating group) is 1. The number of hydrogen-bond acceptors (Lipinski definition) is 3. The van der Waals surface area contributed by atoms with Crippen molar-refractivity contribution < 1.29 is 14.4 Å². The quantitative estimate of drug-likeness (QED) is 0.711. The van der Waals surface area contributed by atoms with Crippen LogP contribution in [-0.2, 0) is 17.8 Å². The standard InChI is InChI=1S/C20H18Cl2N2O3/c1-3-12-4-6-13(7-5-12)10-23(2)18(25)11-24-19(26)14-8-16(21)17(22)9-15(14)20(24)27/h4-9H,3,10-11H2,1-2H3. The van der Waals surface area contributed by atoms with Gasteiger partial charge in [-0.1, -0.05) is 54.4 Å². The maximum absolute atomic E-state index is 12.5. The average molecular weight is 405 g/mol. The van der Waals surface area contributed by atoms with Gasteiger partial charge in [-0.15, -0.1) is 0 Å². The number of aryl methyl sites for hydroxylation is 1. The number of halogens is 2. The summed E-state index contributed by atoms with van der Waals surface area (Å²) in [5.74, 6) is -1.41. The Morgan fingerprint density at radius 2 is 1.44 bits per heavy atom. The molecular weight excluding hydrogens is 387 g/mol. The van der Waals surface area contributed by atoms with Crippen LogP contribution in [0.2, 0.25) is 10.0 Å².